The SMILES string of the molecule is CC1Cc2cc(F)c(S(N)=O)cc2N1C(=O)C1CN(c2ccc(-c3cnc(N)cc3Cl)cc2F)C1. The van der Waals surface area contributed by atoms with Crippen LogP contribution in [0.3, 0.4) is 0 Å². The fourth-order valence-electron chi connectivity index (χ4n) is 4.73. The topological polar surface area (TPSA) is 106 Å². The highest BCUT2D eigenvalue weighted by atomic mass is 35.5. The number of benzene rings is 2. The van der Waals surface area contributed by atoms with Gasteiger partial charge in [-0.05, 0) is 54.8 Å². The second-order valence-corrected chi connectivity index (χ2v) is 10.3. The summed E-state index contributed by atoms with van der Waals surface area (Å²) in [5, 5.41) is 5.77. The van der Waals surface area contributed by atoms with Crippen molar-refractivity contribution in [1.82, 2.24) is 4.98 Å². The second-order valence-electron chi connectivity index (χ2n) is 8.83. The van der Waals surface area contributed by atoms with Gasteiger partial charge in [-0.2, -0.15) is 0 Å². The van der Waals surface area contributed by atoms with E-state index in [-0.39, 0.29) is 28.6 Å². The number of aromatic nitrogens is 1. The van der Waals surface area contributed by atoms with E-state index in [1.54, 1.807) is 21.9 Å². The highest BCUT2D eigenvalue weighted by Gasteiger charge is 2.41. The summed E-state index contributed by atoms with van der Waals surface area (Å²) in [7, 11) is -2.00. The molecule has 1 aromatic heterocycles. The molecule has 1 saturated heterocycles. The van der Waals surface area contributed by atoms with Crippen LogP contribution < -0.4 is 20.7 Å². The van der Waals surface area contributed by atoms with Gasteiger partial charge in [0.05, 0.1) is 21.5 Å². The fraction of sp³-hybridized carbons (Fsp3) is 0.250. The highest BCUT2D eigenvalue weighted by Crippen LogP contribution is 2.38. The third-order valence-electron chi connectivity index (χ3n) is 6.51. The van der Waals surface area contributed by atoms with E-state index in [2.05, 4.69) is 4.98 Å². The number of amides is 1. The molecule has 7 nitrogen and oxygen atoms in total. The minimum Gasteiger partial charge on any atom is -0.384 e. The van der Waals surface area contributed by atoms with Crippen LogP contribution in [0.25, 0.3) is 11.1 Å². The summed E-state index contributed by atoms with van der Waals surface area (Å²) in [5.41, 5.74) is 8.35. The van der Waals surface area contributed by atoms with Gasteiger partial charge in [0.25, 0.3) is 0 Å². The number of pyridine rings is 1. The Bertz CT molecular complexity index is 1380. The number of hydrogen-bond donors (Lipinski definition) is 2. The normalized spacial score (nSPS) is 18.4. The van der Waals surface area contributed by atoms with Crippen molar-refractivity contribution in [3.63, 3.8) is 0 Å². The van der Waals surface area contributed by atoms with E-state index in [1.165, 1.54) is 30.5 Å². The first-order valence-corrected chi connectivity index (χ1v) is 12.5. The Morgan fingerprint density at radius 1 is 1.14 bits per heavy atom. The van der Waals surface area contributed by atoms with Crippen LogP contribution in [-0.4, -0.2) is 34.2 Å². The zero-order valence-corrected chi connectivity index (χ0v) is 20.2. The van der Waals surface area contributed by atoms with Gasteiger partial charge in [-0.25, -0.2) is 23.1 Å². The van der Waals surface area contributed by atoms with Crippen molar-refractivity contribution in [3.8, 4) is 11.1 Å². The maximum atomic E-state index is 15.0. The minimum absolute atomic E-state index is 0.135. The van der Waals surface area contributed by atoms with Crippen molar-refractivity contribution in [1.29, 1.82) is 0 Å². The van der Waals surface area contributed by atoms with Crippen molar-refractivity contribution < 1.29 is 17.8 Å². The van der Waals surface area contributed by atoms with Gasteiger partial charge in [-0.15, -0.1) is 0 Å². The Hall–Kier alpha value is -3.08. The summed E-state index contributed by atoms with van der Waals surface area (Å²) < 4.78 is 40.9. The molecule has 35 heavy (non-hydrogen) atoms. The molecule has 2 aromatic carbocycles. The first kappa shape index (κ1) is 23.7. The maximum Gasteiger partial charge on any atom is 0.233 e. The van der Waals surface area contributed by atoms with Crippen LogP contribution in [0.1, 0.15) is 12.5 Å². The van der Waals surface area contributed by atoms with E-state index in [0.29, 0.717) is 52.6 Å². The molecule has 2 atom stereocenters. The lowest BCUT2D eigenvalue weighted by Gasteiger charge is -2.42. The van der Waals surface area contributed by atoms with Crippen molar-refractivity contribution in [2.45, 2.75) is 24.3 Å². The quantitative estimate of drug-likeness (QED) is 0.549. The third-order valence-corrected chi connectivity index (χ3v) is 7.57. The van der Waals surface area contributed by atoms with E-state index in [1.807, 2.05) is 6.92 Å². The van der Waals surface area contributed by atoms with Crippen molar-refractivity contribution in [2.24, 2.45) is 11.1 Å². The largest absolute Gasteiger partial charge is 0.384 e. The minimum atomic E-state index is -2.00. The van der Waals surface area contributed by atoms with Gasteiger partial charge < -0.3 is 15.5 Å². The van der Waals surface area contributed by atoms with Gasteiger partial charge in [0.15, 0.2) is 0 Å². The molecule has 0 aliphatic carbocycles. The summed E-state index contributed by atoms with van der Waals surface area (Å²) >= 11 is 6.22. The zero-order valence-electron chi connectivity index (χ0n) is 18.7. The zero-order chi connectivity index (χ0) is 25.0. The van der Waals surface area contributed by atoms with Gasteiger partial charge in [0, 0.05) is 36.6 Å². The lowest BCUT2D eigenvalue weighted by molar-refractivity contribution is -0.123. The highest BCUT2D eigenvalue weighted by molar-refractivity contribution is 7.82. The molecule has 1 fully saturated rings. The van der Waals surface area contributed by atoms with Crippen molar-refractivity contribution >= 4 is 45.7 Å². The van der Waals surface area contributed by atoms with Crippen LogP contribution in [-0.2, 0) is 22.2 Å². The molecular weight excluding hydrogens is 496 g/mol. The Balaban J connectivity index is 1.32. The van der Waals surface area contributed by atoms with Crippen LogP contribution in [0.2, 0.25) is 5.02 Å². The number of fused-ring (bicyclic) bond motifs is 1. The first-order valence-electron chi connectivity index (χ1n) is 10.9. The average Bonchev–Trinajstić information content (AvgIpc) is 3.07. The Labute approximate surface area is 208 Å². The number of halogens is 3. The summed E-state index contributed by atoms with van der Waals surface area (Å²) in [4.78, 5) is 20.6. The number of nitrogen functional groups attached to an aromatic ring is 1. The van der Waals surface area contributed by atoms with Gasteiger partial charge in [-0.1, -0.05) is 17.7 Å². The van der Waals surface area contributed by atoms with E-state index >= 15 is 0 Å². The Morgan fingerprint density at radius 2 is 1.89 bits per heavy atom. The Morgan fingerprint density at radius 3 is 2.54 bits per heavy atom. The van der Waals surface area contributed by atoms with E-state index in [0.717, 1.165) is 0 Å². The van der Waals surface area contributed by atoms with Gasteiger partial charge in [-0.3, -0.25) is 4.79 Å². The van der Waals surface area contributed by atoms with Crippen LogP contribution in [0, 0.1) is 17.6 Å². The summed E-state index contributed by atoms with van der Waals surface area (Å²) in [5.74, 6) is -1.29. The number of carbonyl (C=O) groups is 1. The molecule has 1 amide bonds. The average molecular weight is 518 g/mol. The fourth-order valence-corrected chi connectivity index (χ4v) is 5.47. The molecule has 0 bridgehead atoms. The van der Waals surface area contributed by atoms with Gasteiger partial charge in [0.1, 0.15) is 28.4 Å². The predicted molar refractivity (Wildman–Crippen MR) is 132 cm³/mol. The molecule has 2 unspecified atom stereocenters. The van der Waals surface area contributed by atoms with Crippen LogP contribution in [0.4, 0.5) is 26.0 Å². The molecule has 182 valence electrons. The number of nitrogens with two attached hydrogens (primary N) is 2. The molecular formula is C24H22ClF2N5O2S. The van der Waals surface area contributed by atoms with E-state index in [9.17, 15) is 17.8 Å². The monoisotopic (exact) mass is 517 g/mol. The summed E-state index contributed by atoms with van der Waals surface area (Å²) in [6, 6.07) is 8.80. The molecule has 0 radical (unpaired) electrons. The molecule has 0 spiro atoms. The number of carbonyl (C=O) groups excluding carboxylic acids is 1. The number of hydrogen-bond acceptors (Lipinski definition) is 5. The lowest BCUT2D eigenvalue weighted by atomic mass is 9.96. The summed E-state index contributed by atoms with van der Waals surface area (Å²) in [6.45, 7) is 2.56. The second kappa shape index (κ2) is 8.85. The number of nitrogens with zero attached hydrogens (tertiary/aromatic N) is 3. The van der Waals surface area contributed by atoms with Gasteiger partial charge >= 0.3 is 0 Å². The maximum absolute atomic E-state index is 15.0. The lowest BCUT2D eigenvalue weighted by Crippen LogP contribution is -2.56. The van der Waals surface area contributed by atoms with Gasteiger partial charge in [0.2, 0.25) is 5.91 Å². The molecule has 4 N–H and O–H groups in total. The molecule has 0 saturated carbocycles. The molecule has 11 heteroatoms. The van der Waals surface area contributed by atoms with Crippen LogP contribution in [0.15, 0.2) is 47.5 Å². The number of rotatable bonds is 4. The molecule has 3 aromatic rings. The smallest absolute Gasteiger partial charge is 0.233 e. The third kappa shape index (κ3) is 4.15. The predicted octanol–water partition coefficient (Wildman–Crippen LogP) is 3.66. The molecule has 5 rings (SSSR count). The molecule has 2 aliphatic heterocycles. The molecule has 3 heterocycles. The van der Waals surface area contributed by atoms with Crippen LogP contribution >= 0.6 is 11.6 Å². The standard InChI is InChI=1S/C24H22ClF2N5O2S/c1-12-4-14-6-19(27)22(35(29)34)8-21(14)32(12)24(33)15-10-31(11-15)20-3-2-13(5-18(20)26)16-9-30-23(28)7-17(16)25/h2-3,5-9,12,15H,4,10-11,29H2,1H3,(H2,28,30). The van der Waals surface area contributed by atoms with Crippen molar-refractivity contribution in [3.05, 3.63) is 64.8 Å². The van der Waals surface area contributed by atoms with Crippen molar-refractivity contribution in [2.75, 3.05) is 28.6 Å². The van der Waals surface area contributed by atoms with E-state index in [4.69, 9.17) is 22.5 Å². The number of anilines is 3. The van der Waals surface area contributed by atoms with Crippen LogP contribution in [0.5, 0.6) is 0 Å². The van der Waals surface area contributed by atoms with E-state index < -0.39 is 22.6 Å². The summed E-state index contributed by atoms with van der Waals surface area (Å²) in [6.07, 6.45) is 1.99. The molecule has 2 aliphatic rings. The first-order chi connectivity index (χ1) is 16.6. The Kier molecular flexibility index (Phi) is 5.98.